The van der Waals surface area contributed by atoms with Gasteiger partial charge in [-0.05, 0) is 31.1 Å². The second kappa shape index (κ2) is 21.0. The van der Waals surface area contributed by atoms with E-state index in [1.54, 1.807) is 19.1 Å². The van der Waals surface area contributed by atoms with E-state index in [0.29, 0.717) is 13.0 Å². The van der Waals surface area contributed by atoms with Crippen LogP contribution < -0.4 is 11.2 Å². The summed E-state index contributed by atoms with van der Waals surface area (Å²) in [5, 5.41) is 0. The summed E-state index contributed by atoms with van der Waals surface area (Å²) >= 11 is 0. The maximum atomic E-state index is 11.8. The predicted octanol–water partition coefficient (Wildman–Crippen LogP) is 1.22. The molecule has 0 saturated carbocycles. The third-order valence-corrected chi connectivity index (χ3v) is 3.21. The van der Waals surface area contributed by atoms with Crippen LogP contribution in [0.15, 0.2) is 45.7 Å². The molecule has 1 aliphatic rings. The summed E-state index contributed by atoms with van der Waals surface area (Å²) in [4.78, 5) is 36.4. The van der Waals surface area contributed by atoms with Gasteiger partial charge in [0.1, 0.15) is 0 Å². The Bertz CT molecular complexity index is 834. The standard InChI is InChI=1S/C15H18N2O5.3CO.CH3.Fe/c1-3-11-10(5-6-14(19)21-4-2)9-13(22-11)17-8-7-12(18)16-15(17)20;3*1-2;;/h5-9,11,13H,3-4H2,1-2H3,(H,16,18,20);;;;1H3;/q;;;;-1;/b6-5+;;;;;/t11-,13-;;;;;/m1...../s1. The molecule has 11 heteroatoms. The van der Waals surface area contributed by atoms with Gasteiger partial charge in [0.15, 0.2) is 6.23 Å². The Balaban J connectivity index is -0.000000388. The van der Waals surface area contributed by atoms with E-state index < -0.39 is 23.4 Å². The van der Waals surface area contributed by atoms with Gasteiger partial charge >= 0.3 is 45.6 Å². The van der Waals surface area contributed by atoms with Gasteiger partial charge in [0.25, 0.3) is 5.56 Å². The van der Waals surface area contributed by atoms with E-state index in [-0.39, 0.29) is 30.6 Å². The monoisotopic (exact) mass is 461 g/mol. The van der Waals surface area contributed by atoms with Crippen LogP contribution >= 0.6 is 0 Å². The molecule has 0 saturated heterocycles. The molecule has 1 aromatic heterocycles. The molecule has 164 valence electrons. The van der Waals surface area contributed by atoms with Gasteiger partial charge in [-0.1, -0.05) is 6.92 Å². The van der Waals surface area contributed by atoms with Gasteiger partial charge in [-0.3, -0.25) is 14.3 Å². The van der Waals surface area contributed by atoms with Crippen molar-refractivity contribution in [3.8, 4) is 0 Å². The fourth-order valence-electron chi connectivity index (χ4n) is 2.18. The van der Waals surface area contributed by atoms with Crippen LogP contribution in [0.25, 0.3) is 0 Å². The number of aromatic amines is 1. The van der Waals surface area contributed by atoms with E-state index in [0.717, 1.165) is 5.57 Å². The van der Waals surface area contributed by atoms with E-state index in [1.807, 2.05) is 6.92 Å². The predicted molar refractivity (Wildman–Crippen MR) is 97.6 cm³/mol. The largest absolute Gasteiger partial charge is 0.358 e. The topological polar surface area (TPSA) is 150 Å². The van der Waals surface area contributed by atoms with Crippen LogP contribution in [0.4, 0.5) is 0 Å². The Hall–Kier alpha value is -2.67. The number of hydrogen-bond acceptors (Lipinski definition) is 5. The average Bonchev–Trinajstić information content (AvgIpc) is 3.14. The van der Waals surface area contributed by atoms with Crippen LogP contribution in [0.1, 0.15) is 26.5 Å². The summed E-state index contributed by atoms with van der Waals surface area (Å²) in [5.41, 5.74) is -0.212. The Labute approximate surface area is 184 Å². The minimum atomic E-state index is -0.615. The van der Waals surface area contributed by atoms with Gasteiger partial charge in [-0.15, -0.1) is 0 Å². The van der Waals surface area contributed by atoms with Crippen LogP contribution in [0, 0.1) is 27.4 Å². The molecule has 1 aromatic rings. The van der Waals surface area contributed by atoms with Crippen molar-refractivity contribution in [3.63, 3.8) is 0 Å². The molecular formula is C19H21FeN2O8-. The first-order valence-electron chi connectivity index (χ1n) is 7.69. The van der Waals surface area contributed by atoms with Gasteiger partial charge in [0, 0.05) is 35.4 Å². The van der Waals surface area contributed by atoms with Crippen molar-refractivity contribution < 1.29 is 45.3 Å². The minimum absolute atomic E-state index is 0. The Morgan fingerprint density at radius 3 is 2.27 bits per heavy atom. The summed E-state index contributed by atoms with van der Waals surface area (Å²) in [7, 11) is 0. The number of ether oxygens (including phenoxy) is 2. The number of carbonyl (C=O) groups is 1. The zero-order valence-corrected chi connectivity index (χ0v) is 17.6. The first kappa shape index (κ1) is 34.8. The van der Waals surface area contributed by atoms with Crippen LogP contribution in [-0.4, -0.2) is 28.2 Å². The number of esters is 1. The molecule has 0 bridgehead atoms. The van der Waals surface area contributed by atoms with Gasteiger partial charge in [0.2, 0.25) is 0 Å². The summed E-state index contributed by atoms with van der Waals surface area (Å²) in [5.74, 6) is -0.428. The van der Waals surface area contributed by atoms with Gasteiger partial charge < -0.3 is 16.9 Å². The first-order valence-corrected chi connectivity index (χ1v) is 7.69. The molecular weight excluding hydrogens is 440 g/mol. The summed E-state index contributed by atoms with van der Waals surface area (Å²) in [6.45, 7) is 17.5. The van der Waals surface area contributed by atoms with Crippen molar-refractivity contribution in [1.29, 1.82) is 0 Å². The molecule has 10 nitrogen and oxygen atoms in total. The molecule has 0 unspecified atom stereocenters. The third kappa shape index (κ3) is 11.4. The maximum Gasteiger partial charge on any atom is 0 e. The van der Waals surface area contributed by atoms with Crippen molar-refractivity contribution in [2.75, 3.05) is 6.61 Å². The SMILES string of the molecule is CCOC(=O)/C=C/C1=C[C@H](n2ccc(=O)[nH]c2=O)O[C@@H]1CC.[C-]#[O+].[C-]#[O+].[C-]#[O+].[CH3-].[Fe]. The number of carbonyl (C=O) groups excluding carboxylic acids is 1. The quantitative estimate of drug-likeness (QED) is 0.230. The van der Waals surface area contributed by atoms with Crippen molar-refractivity contribution >= 4 is 5.97 Å². The van der Waals surface area contributed by atoms with Crippen molar-refractivity contribution in [1.82, 2.24) is 9.55 Å². The van der Waals surface area contributed by atoms with Crippen LogP contribution in [0.5, 0.6) is 0 Å². The molecule has 0 aromatic carbocycles. The molecule has 0 aliphatic carbocycles. The molecule has 0 spiro atoms. The number of nitrogens with zero attached hydrogens (tertiary/aromatic N) is 1. The molecule has 2 atom stereocenters. The van der Waals surface area contributed by atoms with E-state index in [4.69, 9.17) is 23.4 Å². The molecule has 1 aliphatic heterocycles. The molecule has 0 fully saturated rings. The summed E-state index contributed by atoms with van der Waals surface area (Å²) in [6.07, 6.45) is 5.93. The van der Waals surface area contributed by atoms with Crippen molar-refractivity contribution in [2.24, 2.45) is 0 Å². The maximum absolute atomic E-state index is 11.8. The smallest absolute Gasteiger partial charge is 0 e. The molecule has 1 N–H and O–H groups in total. The van der Waals surface area contributed by atoms with E-state index >= 15 is 0 Å². The number of rotatable bonds is 5. The second-order valence-electron chi connectivity index (χ2n) is 4.69. The fourth-order valence-corrected chi connectivity index (χ4v) is 2.18. The molecule has 2 rings (SSSR count). The Kier molecular flexibility index (Phi) is 24.4. The van der Waals surface area contributed by atoms with Crippen LogP contribution in [0.3, 0.4) is 0 Å². The van der Waals surface area contributed by atoms with Crippen molar-refractivity contribution in [2.45, 2.75) is 32.6 Å². The number of nitrogens with one attached hydrogen (secondary N) is 1. The number of aromatic nitrogens is 2. The zero-order valence-electron chi connectivity index (χ0n) is 16.5. The van der Waals surface area contributed by atoms with Crippen LogP contribution in [-0.2, 0) is 45.3 Å². The summed E-state index contributed by atoms with van der Waals surface area (Å²) < 4.78 is 34.4. The van der Waals surface area contributed by atoms with Gasteiger partial charge in [0.05, 0.1) is 12.7 Å². The van der Waals surface area contributed by atoms with E-state index in [9.17, 15) is 14.4 Å². The average molecular weight is 461 g/mol. The summed E-state index contributed by atoms with van der Waals surface area (Å²) in [6, 6.07) is 1.26. The molecule has 0 radical (unpaired) electrons. The first-order chi connectivity index (χ1) is 13.5. The van der Waals surface area contributed by atoms with Gasteiger partial charge in [-0.25, -0.2) is 9.59 Å². The van der Waals surface area contributed by atoms with Gasteiger partial charge in [-0.2, -0.15) is 0 Å². The van der Waals surface area contributed by atoms with E-state index in [1.165, 1.54) is 22.9 Å². The fraction of sp³-hybridized carbons (Fsp3) is 0.316. The number of hydrogen-bond donors (Lipinski definition) is 1. The van der Waals surface area contributed by atoms with Crippen LogP contribution in [0.2, 0.25) is 0 Å². The third-order valence-electron chi connectivity index (χ3n) is 3.21. The minimum Gasteiger partial charge on any atom is -0.358 e. The number of H-pyrrole nitrogens is 1. The second-order valence-corrected chi connectivity index (χ2v) is 4.69. The zero-order chi connectivity index (χ0) is 22.1. The Morgan fingerprint density at radius 2 is 1.80 bits per heavy atom. The molecule has 2 heterocycles. The van der Waals surface area contributed by atoms with E-state index in [2.05, 4.69) is 24.9 Å². The molecule has 0 amide bonds. The normalized spacial score (nSPS) is 15.7. The molecule has 30 heavy (non-hydrogen) atoms. The Morgan fingerprint density at radius 1 is 1.23 bits per heavy atom. The van der Waals surface area contributed by atoms with Crippen molar-refractivity contribution in [3.05, 3.63) is 84.3 Å².